The number of anilines is 2. The molecule has 3 aromatic heterocycles. The number of hydrogen-bond donors (Lipinski definition) is 1. The second-order valence-corrected chi connectivity index (χ2v) is 9.82. The fourth-order valence-electron chi connectivity index (χ4n) is 3.81. The molecule has 1 saturated heterocycles. The SMILES string of the molecule is COc1cnc(C(F)F)cc1-c1cc(N2CCN(C)C(=O)C2)ncc1C(=O)Nc1nnc(C#CC2CC2)s1. The van der Waals surface area contributed by atoms with Gasteiger partial charge in [-0.05, 0) is 30.9 Å². The van der Waals surface area contributed by atoms with Crippen LogP contribution in [0.25, 0.3) is 11.1 Å². The van der Waals surface area contributed by atoms with Crippen molar-refractivity contribution in [1.29, 1.82) is 0 Å². The van der Waals surface area contributed by atoms with Gasteiger partial charge in [0.1, 0.15) is 17.3 Å². The molecule has 2 amide bonds. The van der Waals surface area contributed by atoms with Gasteiger partial charge in [0, 0.05) is 43.4 Å². The molecule has 1 N–H and O–H groups in total. The van der Waals surface area contributed by atoms with Crippen molar-refractivity contribution in [2.75, 3.05) is 44.0 Å². The molecule has 196 valence electrons. The molecule has 1 aliphatic heterocycles. The van der Waals surface area contributed by atoms with Crippen LogP contribution in [-0.2, 0) is 4.79 Å². The van der Waals surface area contributed by atoms with E-state index in [0.717, 1.165) is 24.2 Å². The number of pyridine rings is 2. The fourth-order valence-corrected chi connectivity index (χ4v) is 4.41. The Morgan fingerprint density at radius 1 is 1.18 bits per heavy atom. The summed E-state index contributed by atoms with van der Waals surface area (Å²) in [5.74, 6) is 6.42. The van der Waals surface area contributed by atoms with Gasteiger partial charge < -0.3 is 14.5 Å². The summed E-state index contributed by atoms with van der Waals surface area (Å²) >= 11 is 1.14. The van der Waals surface area contributed by atoms with Gasteiger partial charge in [-0.3, -0.25) is 19.9 Å². The van der Waals surface area contributed by atoms with Crippen molar-refractivity contribution in [3.8, 4) is 28.7 Å². The summed E-state index contributed by atoms with van der Waals surface area (Å²) in [5.41, 5.74) is 0.154. The number of hydrogen-bond acceptors (Lipinski definition) is 9. The third-order valence-electron chi connectivity index (χ3n) is 6.14. The van der Waals surface area contributed by atoms with Gasteiger partial charge in [-0.1, -0.05) is 17.3 Å². The van der Waals surface area contributed by atoms with Gasteiger partial charge in [0.2, 0.25) is 11.0 Å². The Morgan fingerprint density at radius 2 is 2.00 bits per heavy atom. The maximum absolute atomic E-state index is 13.5. The first-order chi connectivity index (χ1) is 18.3. The van der Waals surface area contributed by atoms with Crippen LogP contribution < -0.4 is 15.0 Å². The summed E-state index contributed by atoms with van der Waals surface area (Å²) in [6.07, 6.45) is 1.86. The van der Waals surface area contributed by atoms with Gasteiger partial charge >= 0.3 is 0 Å². The van der Waals surface area contributed by atoms with E-state index >= 15 is 0 Å². The quantitative estimate of drug-likeness (QED) is 0.475. The summed E-state index contributed by atoms with van der Waals surface area (Å²) in [6, 6.07) is 2.78. The lowest BCUT2D eigenvalue weighted by molar-refractivity contribution is -0.129. The molecule has 0 radical (unpaired) electrons. The summed E-state index contributed by atoms with van der Waals surface area (Å²) in [5, 5.41) is 11.4. The zero-order valence-electron chi connectivity index (χ0n) is 20.6. The molecule has 13 heteroatoms. The summed E-state index contributed by atoms with van der Waals surface area (Å²) in [6.45, 7) is 1.11. The van der Waals surface area contributed by atoms with E-state index in [1.165, 1.54) is 25.6 Å². The summed E-state index contributed by atoms with van der Waals surface area (Å²) < 4.78 is 32.5. The van der Waals surface area contributed by atoms with E-state index in [-0.39, 0.29) is 34.5 Å². The average Bonchev–Trinajstić information content (AvgIpc) is 3.65. The van der Waals surface area contributed by atoms with E-state index in [1.54, 1.807) is 22.9 Å². The van der Waals surface area contributed by atoms with Gasteiger partial charge in [0.25, 0.3) is 12.3 Å². The molecule has 1 aliphatic carbocycles. The topological polar surface area (TPSA) is 113 Å². The number of likely N-dealkylation sites (N-methyl/N-ethyl adjacent to an activating group) is 1. The fraction of sp³-hybridized carbons (Fsp3) is 0.360. The average molecular weight is 540 g/mol. The lowest BCUT2D eigenvalue weighted by Gasteiger charge is -2.33. The number of methoxy groups -OCH3 is 1. The van der Waals surface area contributed by atoms with E-state index in [2.05, 4.69) is 37.3 Å². The summed E-state index contributed by atoms with van der Waals surface area (Å²) in [7, 11) is 3.10. The number of alkyl halides is 2. The van der Waals surface area contributed by atoms with Crippen LogP contribution in [-0.4, -0.2) is 70.7 Å². The number of carbonyl (C=O) groups is 2. The van der Waals surface area contributed by atoms with Crippen LogP contribution in [0.1, 0.15) is 40.3 Å². The number of piperazine rings is 1. The van der Waals surface area contributed by atoms with E-state index in [4.69, 9.17) is 4.74 Å². The van der Waals surface area contributed by atoms with Crippen LogP contribution in [0.3, 0.4) is 0 Å². The first-order valence-corrected chi connectivity index (χ1v) is 12.6. The predicted octanol–water partition coefficient (Wildman–Crippen LogP) is 3.23. The molecule has 0 aromatic carbocycles. The molecule has 5 rings (SSSR count). The van der Waals surface area contributed by atoms with Crippen molar-refractivity contribution in [3.05, 3.63) is 40.8 Å². The van der Waals surface area contributed by atoms with Crippen LogP contribution in [0, 0.1) is 17.8 Å². The van der Waals surface area contributed by atoms with Gasteiger partial charge in [-0.15, -0.1) is 10.2 Å². The minimum atomic E-state index is -2.83. The Morgan fingerprint density at radius 3 is 2.71 bits per heavy atom. The zero-order valence-corrected chi connectivity index (χ0v) is 21.4. The lowest BCUT2D eigenvalue weighted by Crippen LogP contribution is -2.48. The lowest BCUT2D eigenvalue weighted by atomic mass is 9.99. The molecule has 0 bridgehead atoms. The molecule has 0 atom stereocenters. The molecular formula is C25H23F2N7O3S. The first kappa shape index (κ1) is 25.5. The Hall–Kier alpha value is -4.18. The number of rotatable bonds is 6. The molecular weight excluding hydrogens is 516 g/mol. The van der Waals surface area contributed by atoms with Gasteiger partial charge in [-0.25, -0.2) is 13.8 Å². The number of nitrogens with zero attached hydrogens (tertiary/aromatic N) is 6. The Labute approximate surface area is 221 Å². The second kappa shape index (κ2) is 10.7. The minimum Gasteiger partial charge on any atom is -0.494 e. The number of halogens is 2. The van der Waals surface area contributed by atoms with Crippen LogP contribution in [0.5, 0.6) is 5.75 Å². The number of ether oxygens (including phenoxy) is 1. The predicted molar refractivity (Wildman–Crippen MR) is 136 cm³/mol. The van der Waals surface area contributed by atoms with Crippen LogP contribution in [0.4, 0.5) is 19.7 Å². The van der Waals surface area contributed by atoms with E-state index in [0.29, 0.717) is 35.4 Å². The Bertz CT molecular complexity index is 1450. The van der Waals surface area contributed by atoms with E-state index in [9.17, 15) is 18.4 Å². The highest BCUT2D eigenvalue weighted by Gasteiger charge is 2.26. The van der Waals surface area contributed by atoms with Crippen molar-refractivity contribution in [2.24, 2.45) is 5.92 Å². The molecule has 2 aliphatic rings. The van der Waals surface area contributed by atoms with E-state index < -0.39 is 18.0 Å². The number of aromatic nitrogens is 4. The maximum atomic E-state index is 13.5. The largest absolute Gasteiger partial charge is 0.494 e. The highest BCUT2D eigenvalue weighted by Crippen LogP contribution is 2.36. The smallest absolute Gasteiger partial charge is 0.280 e. The van der Waals surface area contributed by atoms with Gasteiger partial charge in [0.05, 0.1) is 25.4 Å². The minimum absolute atomic E-state index is 0.0836. The number of carbonyl (C=O) groups excluding carboxylic acids is 2. The van der Waals surface area contributed by atoms with Gasteiger partial charge in [-0.2, -0.15) is 0 Å². The van der Waals surface area contributed by atoms with Crippen LogP contribution in [0.2, 0.25) is 0 Å². The van der Waals surface area contributed by atoms with Crippen LogP contribution >= 0.6 is 11.3 Å². The first-order valence-electron chi connectivity index (χ1n) is 11.8. The molecule has 10 nitrogen and oxygen atoms in total. The molecule has 2 fully saturated rings. The molecule has 4 heterocycles. The van der Waals surface area contributed by atoms with Crippen molar-refractivity contribution in [2.45, 2.75) is 19.3 Å². The third-order valence-corrected chi connectivity index (χ3v) is 6.90. The maximum Gasteiger partial charge on any atom is 0.280 e. The standard InChI is InChI=1S/C25H23F2N7O3S/c1-33-7-8-34(13-22(33)35)20-10-15(16-9-18(23(26)27)28-12-19(16)37-2)17(11-29-20)24(36)30-25-32-31-21(38-25)6-5-14-3-4-14/h9-12,14,23H,3-4,7-8,13H2,1-2H3,(H,30,32,36). The summed E-state index contributed by atoms with van der Waals surface area (Å²) in [4.78, 5) is 37.2. The van der Waals surface area contributed by atoms with E-state index in [1.807, 2.05) is 0 Å². The monoisotopic (exact) mass is 539 g/mol. The normalized spacial score (nSPS) is 15.3. The highest BCUT2D eigenvalue weighted by molar-refractivity contribution is 7.15. The molecule has 1 saturated carbocycles. The van der Waals surface area contributed by atoms with Gasteiger partial charge in [0.15, 0.2) is 5.01 Å². The third kappa shape index (κ3) is 5.55. The van der Waals surface area contributed by atoms with Crippen molar-refractivity contribution < 1.29 is 23.1 Å². The van der Waals surface area contributed by atoms with Crippen molar-refractivity contribution in [3.63, 3.8) is 0 Å². The number of amides is 2. The molecule has 0 spiro atoms. The molecule has 38 heavy (non-hydrogen) atoms. The molecule has 0 unspecified atom stereocenters. The molecule has 3 aromatic rings. The Kier molecular flexibility index (Phi) is 7.15. The second-order valence-electron chi connectivity index (χ2n) is 8.85. The number of nitrogens with one attached hydrogen (secondary N) is 1. The van der Waals surface area contributed by atoms with Crippen LogP contribution in [0.15, 0.2) is 24.5 Å². The zero-order chi connectivity index (χ0) is 26.8. The van der Waals surface area contributed by atoms with Crippen molar-refractivity contribution in [1.82, 2.24) is 25.1 Å². The van der Waals surface area contributed by atoms with Crippen molar-refractivity contribution >= 4 is 34.1 Å². The highest BCUT2D eigenvalue weighted by atomic mass is 32.1. The Balaban J connectivity index is 1.52.